The van der Waals surface area contributed by atoms with E-state index in [-0.39, 0.29) is 6.04 Å². The minimum absolute atomic E-state index is 0.0561. The van der Waals surface area contributed by atoms with Crippen LogP contribution in [0.1, 0.15) is 51.4 Å². The lowest BCUT2D eigenvalue weighted by Crippen LogP contribution is -2.39. The zero-order valence-corrected chi connectivity index (χ0v) is 9.37. The second-order valence-electron chi connectivity index (χ2n) is 4.45. The molecular weight excluding hydrogens is 190 g/mol. The highest BCUT2D eigenvalue weighted by molar-refractivity contribution is 5.64. The topological polar surface area (TPSA) is 49.3 Å². The molecule has 0 aromatic heterocycles. The summed E-state index contributed by atoms with van der Waals surface area (Å²) in [5, 5.41) is 11.3. The molecule has 1 amide bonds. The van der Waals surface area contributed by atoms with Crippen molar-refractivity contribution in [3.05, 3.63) is 6.92 Å². The Hall–Kier alpha value is -0.730. The van der Waals surface area contributed by atoms with Gasteiger partial charge >= 0.3 is 6.09 Å². The fraction of sp³-hybridized carbons (Fsp3) is 0.833. The SMILES string of the molecule is [CH2]CC(NC(=O)O)C1CCCCCCC1. The lowest BCUT2D eigenvalue weighted by atomic mass is 9.85. The van der Waals surface area contributed by atoms with Crippen LogP contribution in [-0.4, -0.2) is 17.2 Å². The van der Waals surface area contributed by atoms with Gasteiger partial charge in [0.2, 0.25) is 0 Å². The molecule has 2 N–H and O–H groups in total. The fourth-order valence-corrected chi connectivity index (χ4v) is 2.47. The molecule has 15 heavy (non-hydrogen) atoms. The van der Waals surface area contributed by atoms with Gasteiger partial charge < -0.3 is 10.4 Å². The number of nitrogens with one attached hydrogen (secondary N) is 1. The highest BCUT2D eigenvalue weighted by Crippen LogP contribution is 2.26. The highest BCUT2D eigenvalue weighted by Gasteiger charge is 2.21. The molecule has 1 fully saturated rings. The molecule has 1 radical (unpaired) electrons. The van der Waals surface area contributed by atoms with Crippen molar-refractivity contribution in [1.82, 2.24) is 5.32 Å². The van der Waals surface area contributed by atoms with Gasteiger partial charge in [-0.25, -0.2) is 4.79 Å². The lowest BCUT2D eigenvalue weighted by molar-refractivity contribution is 0.180. The minimum atomic E-state index is -0.911. The summed E-state index contributed by atoms with van der Waals surface area (Å²) in [4.78, 5) is 10.6. The van der Waals surface area contributed by atoms with E-state index < -0.39 is 6.09 Å². The summed E-state index contributed by atoms with van der Waals surface area (Å²) in [7, 11) is 0. The van der Waals surface area contributed by atoms with Crippen molar-refractivity contribution in [3.8, 4) is 0 Å². The molecule has 3 nitrogen and oxygen atoms in total. The van der Waals surface area contributed by atoms with E-state index in [1.807, 2.05) is 0 Å². The van der Waals surface area contributed by atoms with Gasteiger partial charge in [-0.15, -0.1) is 0 Å². The third-order valence-corrected chi connectivity index (χ3v) is 3.34. The molecular formula is C12H22NO2. The molecule has 0 heterocycles. The van der Waals surface area contributed by atoms with Crippen LogP contribution >= 0.6 is 0 Å². The first kappa shape index (κ1) is 12.3. The van der Waals surface area contributed by atoms with Gasteiger partial charge in [-0.1, -0.05) is 39.0 Å². The standard InChI is InChI=1S/C12H22NO2/c1-2-11(13-12(14)15)10-8-6-4-3-5-7-9-10/h10-11,13H,1-9H2,(H,14,15). The molecule has 1 unspecified atom stereocenters. The normalized spacial score (nSPS) is 21.4. The smallest absolute Gasteiger partial charge is 0.404 e. The predicted molar refractivity (Wildman–Crippen MR) is 60.7 cm³/mol. The van der Waals surface area contributed by atoms with Crippen molar-refractivity contribution < 1.29 is 9.90 Å². The molecule has 1 rings (SSSR count). The van der Waals surface area contributed by atoms with Crippen molar-refractivity contribution in [2.24, 2.45) is 5.92 Å². The second kappa shape index (κ2) is 6.70. The Kier molecular flexibility index (Phi) is 5.51. The minimum Gasteiger partial charge on any atom is -0.465 e. The maximum absolute atomic E-state index is 10.6. The van der Waals surface area contributed by atoms with Crippen LogP contribution in [0.15, 0.2) is 0 Å². The van der Waals surface area contributed by atoms with Gasteiger partial charge in [0.15, 0.2) is 0 Å². The van der Waals surface area contributed by atoms with E-state index in [1.54, 1.807) is 0 Å². The van der Waals surface area contributed by atoms with Crippen LogP contribution in [-0.2, 0) is 0 Å². The van der Waals surface area contributed by atoms with Crippen LogP contribution in [0.5, 0.6) is 0 Å². The van der Waals surface area contributed by atoms with Crippen molar-refractivity contribution in [2.45, 2.75) is 57.4 Å². The van der Waals surface area contributed by atoms with Gasteiger partial charge in [0.25, 0.3) is 0 Å². The van der Waals surface area contributed by atoms with Gasteiger partial charge in [-0.05, 0) is 25.2 Å². The fourth-order valence-electron chi connectivity index (χ4n) is 2.47. The molecule has 0 saturated heterocycles. The number of carbonyl (C=O) groups is 1. The maximum atomic E-state index is 10.6. The lowest BCUT2D eigenvalue weighted by Gasteiger charge is -2.27. The van der Waals surface area contributed by atoms with E-state index in [9.17, 15) is 4.79 Å². The van der Waals surface area contributed by atoms with Crippen molar-refractivity contribution in [1.29, 1.82) is 0 Å². The van der Waals surface area contributed by atoms with Crippen LogP contribution in [0.2, 0.25) is 0 Å². The molecule has 0 aromatic carbocycles. The van der Waals surface area contributed by atoms with Crippen molar-refractivity contribution in [3.63, 3.8) is 0 Å². The summed E-state index contributed by atoms with van der Waals surface area (Å²) in [5.74, 6) is 0.499. The Morgan fingerprint density at radius 2 is 1.80 bits per heavy atom. The molecule has 1 aliphatic rings. The number of hydrogen-bond acceptors (Lipinski definition) is 1. The Morgan fingerprint density at radius 1 is 1.27 bits per heavy atom. The molecule has 0 aliphatic heterocycles. The molecule has 1 saturated carbocycles. The molecule has 0 aromatic rings. The first-order valence-corrected chi connectivity index (χ1v) is 6.02. The number of amides is 1. The number of hydrogen-bond donors (Lipinski definition) is 2. The zero-order chi connectivity index (χ0) is 11.1. The molecule has 87 valence electrons. The summed E-state index contributed by atoms with van der Waals surface area (Å²) in [6.45, 7) is 3.84. The van der Waals surface area contributed by atoms with E-state index in [2.05, 4.69) is 12.2 Å². The molecule has 3 heteroatoms. The Balaban J connectivity index is 2.44. The van der Waals surface area contributed by atoms with Gasteiger partial charge in [0.05, 0.1) is 0 Å². The van der Waals surface area contributed by atoms with Gasteiger partial charge in [-0.2, -0.15) is 0 Å². The molecule has 1 aliphatic carbocycles. The van der Waals surface area contributed by atoms with Crippen molar-refractivity contribution >= 4 is 6.09 Å². The molecule has 0 bridgehead atoms. The third kappa shape index (κ3) is 4.54. The summed E-state index contributed by atoms with van der Waals surface area (Å²) >= 11 is 0. The average Bonchev–Trinajstić information content (AvgIpc) is 2.14. The zero-order valence-electron chi connectivity index (χ0n) is 9.37. The van der Waals surface area contributed by atoms with Gasteiger partial charge in [-0.3, -0.25) is 0 Å². The largest absolute Gasteiger partial charge is 0.465 e. The van der Waals surface area contributed by atoms with E-state index in [4.69, 9.17) is 5.11 Å². The Bertz CT molecular complexity index is 186. The van der Waals surface area contributed by atoms with E-state index in [1.165, 1.54) is 32.1 Å². The summed E-state index contributed by atoms with van der Waals surface area (Å²) in [6.07, 6.45) is 8.48. The van der Waals surface area contributed by atoms with Crippen LogP contribution in [0, 0.1) is 12.8 Å². The molecule has 0 spiro atoms. The van der Waals surface area contributed by atoms with Crippen LogP contribution in [0.4, 0.5) is 4.79 Å². The molecule has 1 atom stereocenters. The van der Waals surface area contributed by atoms with Crippen LogP contribution in [0.25, 0.3) is 0 Å². The van der Waals surface area contributed by atoms with Crippen LogP contribution in [0.3, 0.4) is 0 Å². The van der Waals surface area contributed by atoms with Gasteiger partial charge in [0, 0.05) is 6.04 Å². The first-order chi connectivity index (χ1) is 7.24. The monoisotopic (exact) mass is 212 g/mol. The third-order valence-electron chi connectivity index (χ3n) is 3.34. The van der Waals surface area contributed by atoms with E-state index >= 15 is 0 Å². The second-order valence-corrected chi connectivity index (χ2v) is 4.45. The maximum Gasteiger partial charge on any atom is 0.404 e. The average molecular weight is 212 g/mol. The first-order valence-electron chi connectivity index (χ1n) is 6.02. The quantitative estimate of drug-likeness (QED) is 0.754. The van der Waals surface area contributed by atoms with Gasteiger partial charge in [0.1, 0.15) is 0 Å². The summed E-state index contributed by atoms with van der Waals surface area (Å²) < 4.78 is 0. The number of rotatable bonds is 3. The Morgan fingerprint density at radius 3 is 2.27 bits per heavy atom. The number of carboxylic acid groups (broad SMARTS) is 1. The Labute approximate surface area is 92.3 Å². The highest BCUT2D eigenvalue weighted by atomic mass is 16.4. The van der Waals surface area contributed by atoms with Crippen molar-refractivity contribution in [2.75, 3.05) is 0 Å². The summed E-state index contributed by atoms with van der Waals surface area (Å²) in [5.41, 5.74) is 0. The van der Waals surface area contributed by atoms with E-state index in [0.29, 0.717) is 12.3 Å². The summed E-state index contributed by atoms with van der Waals surface area (Å²) in [6, 6.07) is 0.0561. The predicted octanol–water partition coefficient (Wildman–Crippen LogP) is 3.21. The van der Waals surface area contributed by atoms with E-state index in [0.717, 1.165) is 12.8 Å². The van der Waals surface area contributed by atoms with Crippen LogP contribution < -0.4 is 5.32 Å².